The zero-order valence-corrected chi connectivity index (χ0v) is 12.7. The standard InChI is InChI=1S/C17H19ClO2/c1-11(2)14-6-4-5-7-16(14)20-17-9-8-13(12(3)19)10-15(17)18/h4-12,19H,1-3H3/t12-/m1/s1. The molecule has 20 heavy (non-hydrogen) atoms. The van der Waals surface area contributed by atoms with Crippen molar-refractivity contribution in [3.8, 4) is 11.5 Å². The van der Waals surface area contributed by atoms with Crippen molar-refractivity contribution in [2.24, 2.45) is 0 Å². The van der Waals surface area contributed by atoms with E-state index in [-0.39, 0.29) is 0 Å². The molecule has 0 aliphatic carbocycles. The minimum Gasteiger partial charge on any atom is -0.456 e. The number of benzene rings is 2. The van der Waals surface area contributed by atoms with Crippen LogP contribution >= 0.6 is 11.6 Å². The molecule has 0 fully saturated rings. The van der Waals surface area contributed by atoms with E-state index in [1.54, 1.807) is 19.1 Å². The first-order valence-corrected chi connectivity index (χ1v) is 7.11. The fourth-order valence-corrected chi connectivity index (χ4v) is 2.26. The maximum atomic E-state index is 9.55. The fourth-order valence-electron chi connectivity index (χ4n) is 2.03. The first kappa shape index (κ1) is 14.9. The van der Waals surface area contributed by atoms with E-state index in [1.807, 2.05) is 24.3 Å². The molecule has 0 saturated carbocycles. The number of ether oxygens (including phenoxy) is 1. The second-order valence-electron chi connectivity index (χ2n) is 5.16. The van der Waals surface area contributed by atoms with E-state index in [0.29, 0.717) is 16.7 Å². The highest BCUT2D eigenvalue weighted by atomic mass is 35.5. The van der Waals surface area contributed by atoms with Crippen molar-refractivity contribution >= 4 is 11.6 Å². The zero-order chi connectivity index (χ0) is 14.7. The van der Waals surface area contributed by atoms with Gasteiger partial charge in [-0.25, -0.2) is 0 Å². The molecule has 106 valence electrons. The third-order valence-corrected chi connectivity index (χ3v) is 3.49. The average Bonchev–Trinajstić information content (AvgIpc) is 2.41. The van der Waals surface area contributed by atoms with Crippen LogP contribution in [0.25, 0.3) is 0 Å². The van der Waals surface area contributed by atoms with Crippen LogP contribution < -0.4 is 4.74 Å². The quantitative estimate of drug-likeness (QED) is 0.827. The van der Waals surface area contributed by atoms with E-state index >= 15 is 0 Å². The summed E-state index contributed by atoms with van der Waals surface area (Å²) in [4.78, 5) is 0. The van der Waals surface area contributed by atoms with Gasteiger partial charge in [0, 0.05) is 0 Å². The lowest BCUT2D eigenvalue weighted by molar-refractivity contribution is 0.199. The van der Waals surface area contributed by atoms with Gasteiger partial charge in [-0.2, -0.15) is 0 Å². The van der Waals surface area contributed by atoms with E-state index in [9.17, 15) is 5.11 Å². The maximum Gasteiger partial charge on any atom is 0.146 e. The van der Waals surface area contributed by atoms with Crippen LogP contribution in [0.4, 0.5) is 0 Å². The van der Waals surface area contributed by atoms with Gasteiger partial charge in [-0.3, -0.25) is 0 Å². The van der Waals surface area contributed by atoms with Crippen molar-refractivity contribution < 1.29 is 9.84 Å². The number of hydrogen-bond donors (Lipinski definition) is 1. The summed E-state index contributed by atoms with van der Waals surface area (Å²) >= 11 is 6.22. The fraction of sp³-hybridized carbons (Fsp3) is 0.294. The lowest BCUT2D eigenvalue weighted by atomic mass is 10.0. The molecule has 2 aromatic carbocycles. The molecule has 0 heterocycles. The summed E-state index contributed by atoms with van der Waals surface area (Å²) in [5.41, 5.74) is 1.92. The number of halogens is 1. The normalized spacial score (nSPS) is 12.5. The van der Waals surface area contributed by atoms with Crippen LogP contribution in [-0.2, 0) is 0 Å². The molecule has 0 spiro atoms. The van der Waals surface area contributed by atoms with Gasteiger partial charge in [0.2, 0.25) is 0 Å². The molecule has 0 amide bonds. The minimum absolute atomic E-state index is 0.377. The number of rotatable bonds is 4. The van der Waals surface area contributed by atoms with Crippen LogP contribution in [0, 0.1) is 0 Å². The summed E-state index contributed by atoms with van der Waals surface area (Å²) in [6, 6.07) is 13.3. The molecule has 0 unspecified atom stereocenters. The molecule has 2 rings (SSSR count). The van der Waals surface area contributed by atoms with Crippen molar-refractivity contribution in [1.29, 1.82) is 0 Å². The summed E-state index contributed by atoms with van der Waals surface area (Å²) in [5, 5.41) is 10.0. The lowest BCUT2D eigenvalue weighted by Crippen LogP contribution is -1.95. The Morgan fingerprint density at radius 1 is 1.00 bits per heavy atom. The highest BCUT2D eigenvalue weighted by molar-refractivity contribution is 6.32. The van der Waals surface area contributed by atoms with Crippen LogP contribution in [0.2, 0.25) is 5.02 Å². The van der Waals surface area contributed by atoms with Gasteiger partial charge in [0.15, 0.2) is 0 Å². The van der Waals surface area contributed by atoms with Gasteiger partial charge in [0.25, 0.3) is 0 Å². The minimum atomic E-state index is -0.537. The number of hydrogen-bond acceptors (Lipinski definition) is 2. The molecular weight excluding hydrogens is 272 g/mol. The molecule has 0 aliphatic heterocycles. The van der Waals surface area contributed by atoms with E-state index in [2.05, 4.69) is 19.9 Å². The molecule has 0 radical (unpaired) electrons. The average molecular weight is 291 g/mol. The molecule has 2 aromatic rings. The number of aliphatic hydroxyl groups is 1. The summed E-state index contributed by atoms with van der Waals surface area (Å²) in [7, 11) is 0. The molecule has 1 atom stereocenters. The zero-order valence-electron chi connectivity index (χ0n) is 11.9. The van der Waals surface area contributed by atoms with E-state index in [1.165, 1.54) is 0 Å². The second-order valence-corrected chi connectivity index (χ2v) is 5.57. The van der Waals surface area contributed by atoms with E-state index in [0.717, 1.165) is 16.9 Å². The SMILES string of the molecule is CC(C)c1ccccc1Oc1ccc([C@@H](C)O)cc1Cl. The van der Waals surface area contributed by atoms with Crippen molar-refractivity contribution in [2.75, 3.05) is 0 Å². The molecule has 3 heteroatoms. The highest BCUT2D eigenvalue weighted by Crippen LogP contribution is 2.35. The lowest BCUT2D eigenvalue weighted by Gasteiger charge is -2.15. The van der Waals surface area contributed by atoms with Gasteiger partial charge in [-0.15, -0.1) is 0 Å². The van der Waals surface area contributed by atoms with Gasteiger partial charge < -0.3 is 9.84 Å². The van der Waals surface area contributed by atoms with Crippen molar-refractivity contribution in [1.82, 2.24) is 0 Å². The maximum absolute atomic E-state index is 9.55. The van der Waals surface area contributed by atoms with Crippen molar-refractivity contribution in [2.45, 2.75) is 32.8 Å². The Hall–Kier alpha value is -1.51. The molecule has 0 aliphatic rings. The Balaban J connectivity index is 2.31. The summed E-state index contributed by atoms with van der Waals surface area (Å²) in [6.07, 6.45) is -0.537. The Kier molecular flexibility index (Phi) is 4.69. The topological polar surface area (TPSA) is 29.5 Å². The monoisotopic (exact) mass is 290 g/mol. The third kappa shape index (κ3) is 3.33. The summed E-state index contributed by atoms with van der Waals surface area (Å²) in [6.45, 7) is 5.96. The molecule has 1 N–H and O–H groups in total. The molecule has 0 saturated heterocycles. The molecule has 0 aromatic heterocycles. The largest absolute Gasteiger partial charge is 0.456 e. The predicted molar refractivity (Wildman–Crippen MR) is 82.7 cm³/mol. The van der Waals surface area contributed by atoms with Gasteiger partial charge >= 0.3 is 0 Å². The Morgan fingerprint density at radius 3 is 2.30 bits per heavy atom. The Morgan fingerprint density at radius 2 is 1.70 bits per heavy atom. The second kappa shape index (κ2) is 6.29. The predicted octanol–water partition coefficient (Wildman–Crippen LogP) is 5.31. The van der Waals surface area contributed by atoms with Gasteiger partial charge in [0.1, 0.15) is 11.5 Å². The van der Waals surface area contributed by atoms with Gasteiger partial charge in [-0.1, -0.05) is 49.7 Å². The van der Waals surface area contributed by atoms with E-state index in [4.69, 9.17) is 16.3 Å². The number of para-hydroxylation sites is 1. The summed E-state index contributed by atoms with van der Waals surface area (Å²) < 4.78 is 5.92. The van der Waals surface area contributed by atoms with Crippen LogP contribution in [0.5, 0.6) is 11.5 Å². The highest BCUT2D eigenvalue weighted by Gasteiger charge is 2.11. The summed E-state index contributed by atoms with van der Waals surface area (Å²) in [5.74, 6) is 1.79. The van der Waals surface area contributed by atoms with Crippen LogP contribution in [0.1, 0.15) is 43.9 Å². The van der Waals surface area contributed by atoms with Crippen LogP contribution in [0.15, 0.2) is 42.5 Å². The molecule has 0 bridgehead atoms. The van der Waals surface area contributed by atoms with E-state index < -0.39 is 6.10 Å². The Bertz CT molecular complexity index is 591. The molecular formula is C17H19ClO2. The number of aliphatic hydroxyl groups excluding tert-OH is 1. The van der Waals surface area contributed by atoms with Gasteiger partial charge in [-0.05, 0) is 42.2 Å². The van der Waals surface area contributed by atoms with Crippen LogP contribution in [0.3, 0.4) is 0 Å². The third-order valence-electron chi connectivity index (χ3n) is 3.20. The van der Waals surface area contributed by atoms with Crippen molar-refractivity contribution in [3.05, 3.63) is 58.6 Å². The first-order valence-electron chi connectivity index (χ1n) is 6.73. The van der Waals surface area contributed by atoms with Crippen molar-refractivity contribution in [3.63, 3.8) is 0 Å². The smallest absolute Gasteiger partial charge is 0.146 e. The first-order chi connectivity index (χ1) is 9.49. The molecule has 2 nitrogen and oxygen atoms in total. The van der Waals surface area contributed by atoms with Crippen LogP contribution in [-0.4, -0.2) is 5.11 Å². The Labute approximate surface area is 125 Å². The van der Waals surface area contributed by atoms with Gasteiger partial charge in [0.05, 0.1) is 11.1 Å².